The molecule has 0 saturated carbocycles. The second kappa shape index (κ2) is 4.67. The second-order valence-corrected chi connectivity index (χ2v) is 4.40. The summed E-state index contributed by atoms with van der Waals surface area (Å²) in [4.78, 5) is 16.3. The lowest BCUT2D eigenvalue weighted by molar-refractivity contribution is 0.0925. The summed E-state index contributed by atoms with van der Waals surface area (Å²) in [7, 11) is 1.94. The van der Waals surface area contributed by atoms with E-state index < -0.39 is 0 Å². The van der Waals surface area contributed by atoms with Crippen molar-refractivity contribution in [3.8, 4) is 0 Å². The summed E-state index contributed by atoms with van der Waals surface area (Å²) in [6.45, 7) is 2.45. The zero-order valence-corrected chi connectivity index (χ0v) is 10.2. The number of Topliss-reactive ketones (excluding diaryl/α,β-unsaturated/α-hetero) is 1. The zero-order valence-electron chi connectivity index (χ0n) is 10.2. The SMILES string of the molecule is CC(CCN)C(=O)c1ccc2c(c1)ncn2C. The molecule has 0 amide bonds. The van der Waals surface area contributed by atoms with Crippen LogP contribution < -0.4 is 5.73 Å². The summed E-state index contributed by atoms with van der Waals surface area (Å²) < 4.78 is 1.94. The van der Waals surface area contributed by atoms with E-state index in [9.17, 15) is 4.79 Å². The van der Waals surface area contributed by atoms with Gasteiger partial charge in [-0.25, -0.2) is 4.98 Å². The number of ketones is 1. The molecule has 0 spiro atoms. The van der Waals surface area contributed by atoms with Gasteiger partial charge in [-0.2, -0.15) is 0 Å². The molecule has 1 heterocycles. The number of nitrogens with two attached hydrogens (primary N) is 1. The monoisotopic (exact) mass is 231 g/mol. The molecule has 0 radical (unpaired) electrons. The summed E-state index contributed by atoms with van der Waals surface area (Å²) >= 11 is 0. The van der Waals surface area contributed by atoms with Crippen molar-refractivity contribution >= 4 is 16.8 Å². The van der Waals surface area contributed by atoms with Crippen LogP contribution in [0, 0.1) is 5.92 Å². The molecule has 0 aliphatic rings. The van der Waals surface area contributed by atoms with Crippen LogP contribution in [0.15, 0.2) is 24.5 Å². The van der Waals surface area contributed by atoms with Crippen molar-refractivity contribution in [2.24, 2.45) is 18.7 Å². The number of fused-ring (bicyclic) bond motifs is 1. The molecule has 2 N–H and O–H groups in total. The number of benzene rings is 1. The van der Waals surface area contributed by atoms with E-state index in [4.69, 9.17) is 5.73 Å². The Hall–Kier alpha value is -1.68. The van der Waals surface area contributed by atoms with Gasteiger partial charge in [0.1, 0.15) is 0 Å². The summed E-state index contributed by atoms with van der Waals surface area (Å²) in [5, 5.41) is 0. The average Bonchev–Trinajstić information content (AvgIpc) is 2.70. The molecule has 0 bridgehead atoms. The standard InChI is InChI=1S/C13H17N3O/c1-9(5-6-14)13(17)10-3-4-12-11(7-10)15-8-16(12)2/h3-4,7-9H,5-6,14H2,1-2H3. The van der Waals surface area contributed by atoms with Gasteiger partial charge in [-0.15, -0.1) is 0 Å². The number of aryl methyl sites for hydroxylation is 1. The number of aromatic nitrogens is 2. The van der Waals surface area contributed by atoms with E-state index in [-0.39, 0.29) is 11.7 Å². The van der Waals surface area contributed by atoms with Gasteiger partial charge in [0.25, 0.3) is 0 Å². The molecule has 1 aromatic carbocycles. The fourth-order valence-corrected chi connectivity index (χ4v) is 1.95. The first-order valence-electron chi connectivity index (χ1n) is 5.79. The fourth-order valence-electron chi connectivity index (χ4n) is 1.95. The minimum atomic E-state index is -0.0267. The first-order chi connectivity index (χ1) is 8.13. The minimum Gasteiger partial charge on any atom is -0.334 e. The molecule has 2 rings (SSSR count). The van der Waals surface area contributed by atoms with Crippen LogP contribution in [0.2, 0.25) is 0 Å². The first-order valence-corrected chi connectivity index (χ1v) is 5.79. The molecule has 0 aliphatic carbocycles. The Morgan fingerprint density at radius 1 is 1.53 bits per heavy atom. The van der Waals surface area contributed by atoms with Crippen LogP contribution in [-0.4, -0.2) is 21.9 Å². The maximum atomic E-state index is 12.1. The topological polar surface area (TPSA) is 60.9 Å². The number of carbonyl (C=O) groups excluding carboxylic acids is 1. The van der Waals surface area contributed by atoms with Gasteiger partial charge in [-0.3, -0.25) is 4.79 Å². The van der Waals surface area contributed by atoms with E-state index in [1.807, 2.05) is 36.7 Å². The Kier molecular flexibility index (Phi) is 3.24. The third-order valence-corrected chi connectivity index (χ3v) is 3.06. The van der Waals surface area contributed by atoms with Gasteiger partial charge in [0.2, 0.25) is 0 Å². The van der Waals surface area contributed by atoms with Crippen molar-refractivity contribution < 1.29 is 4.79 Å². The van der Waals surface area contributed by atoms with E-state index >= 15 is 0 Å². The Morgan fingerprint density at radius 3 is 3.00 bits per heavy atom. The van der Waals surface area contributed by atoms with Gasteiger partial charge in [-0.05, 0) is 31.2 Å². The van der Waals surface area contributed by atoms with Gasteiger partial charge < -0.3 is 10.3 Å². The van der Waals surface area contributed by atoms with Gasteiger partial charge in [0, 0.05) is 18.5 Å². The molecule has 90 valence electrons. The van der Waals surface area contributed by atoms with Gasteiger partial charge in [0.05, 0.1) is 17.4 Å². The summed E-state index contributed by atoms with van der Waals surface area (Å²) in [6, 6.07) is 5.65. The lowest BCUT2D eigenvalue weighted by Crippen LogP contribution is -2.15. The molecule has 4 heteroatoms. The Balaban J connectivity index is 2.33. The smallest absolute Gasteiger partial charge is 0.165 e. The minimum absolute atomic E-state index is 0.0267. The van der Waals surface area contributed by atoms with Crippen molar-refractivity contribution in [1.29, 1.82) is 0 Å². The molecular formula is C13H17N3O. The van der Waals surface area contributed by atoms with E-state index in [1.165, 1.54) is 0 Å². The predicted molar refractivity (Wildman–Crippen MR) is 67.9 cm³/mol. The average molecular weight is 231 g/mol. The first kappa shape index (κ1) is 11.8. The molecule has 2 aromatic rings. The largest absolute Gasteiger partial charge is 0.334 e. The third kappa shape index (κ3) is 2.22. The lowest BCUT2D eigenvalue weighted by atomic mass is 9.96. The summed E-state index contributed by atoms with van der Waals surface area (Å²) in [6.07, 6.45) is 2.47. The Labute approximate surface area is 100 Å². The third-order valence-electron chi connectivity index (χ3n) is 3.06. The van der Waals surface area contributed by atoms with Crippen LogP contribution >= 0.6 is 0 Å². The highest BCUT2D eigenvalue weighted by Crippen LogP contribution is 2.17. The van der Waals surface area contributed by atoms with E-state index in [1.54, 1.807) is 6.33 Å². The lowest BCUT2D eigenvalue weighted by Gasteiger charge is -2.08. The predicted octanol–water partition coefficient (Wildman–Crippen LogP) is 1.74. The maximum absolute atomic E-state index is 12.1. The molecule has 0 aliphatic heterocycles. The molecule has 0 fully saturated rings. The maximum Gasteiger partial charge on any atom is 0.165 e. The van der Waals surface area contributed by atoms with Crippen LogP contribution in [0.25, 0.3) is 11.0 Å². The fraction of sp³-hybridized carbons (Fsp3) is 0.385. The van der Waals surface area contributed by atoms with Crippen molar-refractivity contribution in [1.82, 2.24) is 9.55 Å². The number of hydrogen-bond donors (Lipinski definition) is 1. The van der Waals surface area contributed by atoms with Crippen molar-refractivity contribution in [2.45, 2.75) is 13.3 Å². The highest BCUT2D eigenvalue weighted by atomic mass is 16.1. The number of carbonyl (C=O) groups is 1. The quantitative estimate of drug-likeness (QED) is 0.815. The zero-order chi connectivity index (χ0) is 12.4. The number of imidazole rings is 1. The second-order valence-electron chi connectivity index (χ2n) is 4.40. The van der Waals surface area contributed by atoms with Gasteiger partial charge in [0.15, 0.2) is 5.78 Å². The number of hydrogen-bond acceptors (Lipinski definition) is 3. The number of nitrogens with zero attached hydrogens (tertiary/aromatic N) is 2. The van der Waals surface area contributed by atoms with Crippen molar-refractivity contribution in [3.05, 3.63) is 30.1 Å². The van der Waals surface area contributed by atoms with Gasteiger partial charge in [-0.1, -0.05) is 6.92 Å². The highest BCUT2D eigenvalue weighted by Gasteiger charge is 2.15. The highest BCUT2D eigenvalue weighted by molar-refractivity contribution is 6.00. The molecule has 1 unspecified atom stereocenters. The van der Waals surface area contributed by atoms with Gasteiger partial charge >= 0.3 is 0 Å². The molecule has 1 atom stereocenters. The Morgan fingerprint density at radius 2 is 2.29 bits per heavy atom. The molecule has 17 heavy (non-hydrogen) atoms. The molecule has 4 nitrogen and oxygen atoms in total. The van der Waals surface area contributed by atoms with Crippen LogP contribution in [-0.2, 0) is 7.05 Å². The van der Waals surface area contributed by atoms with E-state index in [0.717, 1.165) is 23.0 Å². The number of rotatable bonds is 4. The van der Waals surface area contributed by atoms with E-state index in [0.29, 0.717) is 6.54 Å². The van der Waals surface area contributed by atoms with Crippen LogP contribution in [0.4, 0.5) is 0 Å². The Bertz CT molecular complexity index is 545. The molecule has 0 saturated heterocycles. The van der Waals surface area contributed by atoms with Crippen molar-refractivity contribution in [2.75, 3.05) is 6.54 Å². The normalized spacial score (nSPS) is 12.9. The van der Waals surface area contributed by atoms with Crippen LogP contribution in [0.5, 0.6) is 0 Å². The summed E-state index contributed by atoms with van der Waals surface area (Å²) in [5.74, 6) is 0.115. The van der Waals surface area contributed by atoms with E-state index in [2.05, 4.69) is 4.98 Å². The van der Waals surface area contributed by atoms with Crippen LogP contribution in [0.1, 0.15) is 23.7 Å². The molecule has 1 aromatic heterocycles. The molecular weight excluding hydrogens is 214 g/mol. The summed E-state index contributed by atoms with van der Waals surface area (Å²) in [5.41, 5.74) is 8.09. The van der Waals surface area contributed by atoms with Crippen LogP contribution in [0.3, 0.4) is 0 Å². The van der Waals surface area contributed by atoms with Crippen molar-refractivity contribution in [3.63, 3.8) is 0 Å².